The molecule has 0 bridgehead atoms. The quantitative estimate of drug-likeness (QED) is 0.199. The Morgan fingerprint density at radius 1 is 0.558 bits per heavy atom. The summed E-state index contributed by atoms with van der Waals surface area (Å²) in [5, 5.41) is 11.8. The first-order valence-corrected chi connectivity index (χ1v) is 18.2. The maximum absolute atomic E-state index is 11.8. The molecule has 0 aliphatic heterocycles. The highest BCUT2D eigenvalue weighted by molar-refractivity contribution is 5.90. The second kappa shape index (κ2) is 11.9. The van der Waals surface area contributed by atoms with Crippen LogP contribution in [0.2, 0.25) is 0 Å². The molecular weight excluding hydrogens is 643 g/mol. The van der Waals surface area contributed by atoms with Crippen LogP contribution >= 0.6 is 0 Å². The molecule has 7 nitrogen and oxygen atoms in total. The second-order valence-electron chi connectivity index (χ2n) is 18.2. The summed E-state index contributed by atoms with van der Waals surface area (Å²) < 4.78 is 10.9. The molecular formula is C45H51N5O2. The fraction of sp³-hybridized carbons (Fsp3) is 0.356. The lowest BCUT2D eigenvalue weighted by atomic mass is 9.78. The van der Waals surface area contributed by atoms with Crippen LogP contribution in [-0.4, -0.2) is 29.0 Å². The number of aromatic nitrogens is 5. The highest BCUT2D eigenvalue weighted by atomic mass is 16.5. The molecule has 0 radical (unpaired) electrons. The van der Waals surface area contributed by atoms with E-state index >= 15 is 0 Å². The molecule has 0 atom stereocenters. The number of nitrogens with zero attached hydrogens (tertiary/aromatic N) is 5. The summed E-state index contributed by atoms with van der Waals surface area (Å²) >= 11 is 0. The summed E-state index contributed by atoms with van der Waals surface area (Å²) in [6, 6.07) is 29.0. The summed E-state index contributed by atoms with van der Waals surface area (Å²) in [6.45, 7) is 26.1. The Labute approximate surface area is 307 Å². The first-order valence-electron chi connectivity index (χ1n) is 18.2. The predicted octanol–water partition coefficient (Wildman–Crippen LogP) is 11.6. The number of aromatic hydroxyl groups is 1. The van der Waals surface area contributed by atoms with Crippen LogP contribution in [0.15, 0.2) is 84.9 Å². The molecule has 0 aliphatic rings. The third-order valence-corrected chi connectivity index (χ3v) is 9.93. The van der Waals surface area contributed by atoms with Crippen molar-refractivity contribution in [3.8, 4) is 34.5 Å². The Kier molecular flexibility index (Phi) is 8.09. The number of imidazole rings is 2. The number of pyridine rings is 2. The average molecular weight is 694 g/mol. The van der Waals surface area contributed by atoms with Crippen molar-refractivity contribution in [3.05, 3.63) is 107 Å². The number of ether oxygens (including phenoxy) is 1. The second-order valence-corrected chi connectivity index (χ2v) is 18.2. The third kappa shape index (κ3) is 6.31. The number of rotatable bonds is 4. The van der Waals surface area contributed by atoms with Gasteiger partial charge in [-0.1, -0.05) is 113 Å². The van der Waals surface area contributed by atoms with Crippen molar-refractivity contribution in [2.24, 2.45) is 0 Å². The third-order valence-electron chi connectivity index (χ3n) is 9.93. The van der Waals surface area contributed by atoms with E-state index in [1.165, 1.54) is 5.56 Å². The van der Waals surface area contributed by atoms with Crippen molar-refractivity contribution in [2.45, 2.75) is 105 Å². The van der Waals surface area contributed by atoms with E-state index in [2.05, 4.69) is 141 Å². The number of phenolic OH excluding ortho intramolecular Hbond substituents is 1. The van der Waals surface area contributed by atoms with Crippen molar-refractivity contribution < 1.29 is 9.84 Å². The number of benzene rings is 3. The SMILES string of the molecule is CC(C)(C)c1cccc(-n2c3nc(Oc4cc(C(C)(C)C)cc(-c5cc(C(C)(C)C)cc(C(C)(C)C)c5O)n4)ccc3n3c4ccccc4nc23)c1. The van der Waals surface area contributed by atoms with E-state index in [0.29, 0.717) is 23.0 Å². The molecule has 0 amide bonds. The zero-order valence-corrected chi connectivity index (χ0v) is 32.7. The zero-order valence-electron chi connectivity index (χ0n) is 32.7. The molecule has 3 aromatic carbocycles. The molecule has 0 saturated carbocycles. The van der Waals surface area contributed by atoms with Gasteiger partial charge in [-0.15, -0.1) is 0 Å². The first-order chi connectivity index (χ1) is 24.2. The molecule has 0 spiro atoms. The smallest absolute Gasteiger partial charge is 0.223 e. The lowest BCUT2D eigenvalue weighted by Crippen LogP contribution is -2.17. The predicted molar refractivity (Wildman–Crippen MR) is 214 cm³/mol. The summed E-state index contributed by atoms with van der Waals surface area (Å²) in [5.41, 5.74) is 9.56. The molecule has 1 N–H and O–H groups in total. The summed E-state index contributed by atoms with van der Waals surface area (Å²) in [4.78, 5) is 15.3. The van der Waals surface area contributed by atoms with E-state index < -0.39 is 0 Å². The summed E-state index contributed by atoms with van der Waals surface area (Å²) in [6.07, 6.45) is 0. The van der Waals surface area contributed by atoms with E-state index in [9.17, 15) is 5.11 Å². The van der Waals surface area contributed by atoms with Gasteiger partial charge in [0.1, 0.15) is 5.75 Å². The molecule has 0 saturated heterocycles. The molecule has 7 heteroatoms. The number of para-hydroxylation sites is 2. The zero-order chi connectivity index (χ0) is 37.5. The molecule has 52 heavy (non-hydrogen) atoms. The largest absolute Gasteiger partial charge is 0.507 e. The van der Waals surface area contributed by atoms with Crippen molar-refractivity contribution in [3.63, 3.8) is 0 Å². The fourth-order valence-electron chi connectivity index (χ4n) is 6.73. The topological polar surface area (TPSA) is 77.5 Å². The van der Waals surface area contributed by atoms with E-state index in [4.69, 9.17) is 19.7 Å². The van der Waals surface area contributed by atoms with Crippen LogP contribution in [0, 0.1) is 0 Å². The van der Waals surface area contributed by atoms with Crippen LogP contribution < -0.4 is 4.74 Å². The number of hydrogen-bond acceptors (Lipinski definition) is 5. The molecule has 0 fully saturated rings. The molecule has 268 valence electrons. The lowest BCUT2D eigenvalue weighted by molar-refractivity contribution is 0.441. The average Bonchev–Trinajstić information content (AvgIpc) is 3.57. The van der Waals surface area contributed by atoms with Gasteiger partial charge in [0.15, 0.2) is 5.65 Å². The minimum atomic E-state index is -0.271. The van der Waals surface area contributed by atoms with Gasteiger partial charge >= 0.3 is 0 Å². The van der Waals surface area contributed by atoms with Crippen LogP contribution in [0.4, 0.5) is 0 Å². The number of hydrogen-bond donors (Lipinski definition) is 1. The summed E-state index contributed by atoms with van der Waals surface area (Å²) in [5.74, 6) is 1.86. The van der Waals surface area contributed by atoms with Crippen LogP contribution in [0.1, 0.15) is 105 Å². The van der Waals surface area contributed by atoms with Gasteiger partial charge in [0, 0.05) is 23.3 Å². The highest BCUT2D eigenvalue weighted by Gasteiger charge is 2.28. The highest BCUT2D eigenvalue weighted by Crippen LogP contribution is 2.43. The first kappa shape index (κ1) is 35.2. The van der Waals surface area contributed by atoms with Crippen LogP contribution in [0.5, 0.6) is 17.5 Å². The van der Waals surface area contributed by atoms with Crippen LogP contribution in [-0.2, 0) is 21.7 Å². The minimum absolute atomic E-state index is 0.0347. The molecule has 7 aromatic rings. The molecule has 4 heterocycles. The Morgan fingerprint density at radius 3 is 1.90 bits per heavy atom. The number of fused-ring (bicyclic) bond motifs is 5. The van der Waals surface area contributed by atoms with E-state index in [1.54, 1.807) is 0 Å². The van der Waals surface area contributed by atoms with Gasteiger partial charge in [-0.2, -0.15) is 4.98 Å². The maximum atomic E-state index is 11.8. The van der Waals surface area contributed by atoms with Gasteiger partial charge in [0.05, 0.1) is 27.9 Å². The maximum Gasteiger partial charge on any atom is 0.223 e. The van der Waals surface area contributed by atoms with Gasteiger partial charge in [-0.3, -0.25) is 8.97 Å². The number of phenols is 1. The minimum Gasteiger partial charge on any atom is -0.507 e. The summed E-state index contributed by atoms with van der Waals surface area (Å²) in [7, 11) is 0. The molecule has 4 aromatic heterocycles. The normalized spacial score (nSPS) is 13.1. The van der Waals surface area contributed by atoms with E-state index in [0.717, 1.165) is 50.4 Å². The van der Waals surface area contributed by atoms with Crippen LogP contribution in [0.3, 0.4) is 0 Å². The van der Waals surface area contributed by atoms with Crippen molar-refractivity contribution in [1.29, 1.82) is 0 Å². The Balaban J connectivity index is 1.42. The lowest BCUT2D eigenvalue weighted by Gasteiger charge is -2.28. The van der Waals surface area contributed by atoms with Crippen molar-refractivity contribution in [2.75, 3.05) is 0 Å². The van der Waals surface area contributed by atoms with Crippen molar-refractivity contribution >= 4 is 28.0 Å². The van der Waals surface area contributed by atoms with E-state index in [1.807, 2.05) is 36.4 Å². The van der Waals surface area contributed by atoms with Crippen LogP contribution in [0.25, 0.3) is 44.9 Å². The van der Waals surface area contributed by atoms with Gasteiger partial charge < -0.3 is 9.84 Å². The van der Waals surface area contributed by atoms with Gasteiger partial charge in [-0.25, -0.2) is 9.97 Å². The fourth-order valence-corrected chi connectivity index (χ4v) is 6.73. The van der Waals surface area contributed by atoms with Gasteiger partial charge in [0.25, 0.3) is 0 Å². The standard InChI is InChI=1S/C45H51N5O2/c1-42(2,3)27-16-15-17-30(22-27)49-40-36(50-35-19-14-13-18-33(35)47-41(49)50)20-21-37(48-40)52-38-26-29(44(7,8)9)25-34(46-38)31-23-28(43(4,5)6)24-32(39(31)51)45(10,11)12/h13-26,51H,1-12H3. The Hall–Kier alpha value is -5.17. The van der Waals surface area contributed by atoms with Crippen molar-refractivity contribution in [1.82, 2.24) is 23.9 Å². The molecule has 7 rings (SSSR count). The Morgan fingerprint density at radius 2 is 1.23 bits per heavy atom. The monoisotopic (exact) mass is 693 g/mol. The Bertz CT molecular complexity index is 2490. The van der Waals surface area contributed by atoms with E-state index in [-0.39, 0.29) is 27.4 Å². The molecule has 0 unspecified atom stereocenters. The van der Waals surface area contributed by atoms with Gasteiger partial charge in [0.2, 0.25) is 17.5 Å². The molecule has 0 aliphatic carbocycles. The van der Waals surface area contributed by atoms with Gasteiger partial charge in [-0.05, 0) is 80.8 Å².